The van der Waals surface area contributed by atoms with Crippen LogP contribution in [0.5, 0.6) is 0 Å². The predicted octanol–water partition coefficient (Wildman–Crippen LogP) is 4.58. The van der Waals surface area contributed by atoms with Crippen LogP contribution < -0.4 is 15.4 Å². The van der Waals surface area contributed by atoms with Crippen LogP contribution in [0.2, 0.25) is 0 Å². The number of aryl methyl sites for hydroxylation is 2. The number of anilines is 1. The highest BCUT2D eigenvalue weighted by atomic mass is 19.4. The fraction of sp³-hybridized carbons (Fsp3) is 0.407. The molecular formula is C27H29F4N5O3. The van der Waals surface area contributed by atoms with Crippen LogP contribution in [0.25, 0.3) is 11.1 Å². The SMILES string of the molecule is Cc1cc[n+]([O-])c(C)c1-c1ccc(NC(=O)[C@@H](NC(=O)c2ccnn2C)C2CCC(C(F)(F)F)CC2)cc1F. The van der Waals surface area contributed by atoms with E-state index in [9.17, 15) is 28.0 Å². The van der Waals surface area contributed by atoms with Gasteiger partial charge in [-0.25, -0.2) is 4.39 Å². The molecule has 3 aromatic rings. The molecule has 39 heavy (non-hydrogen) atoms. The van der Waals surface area contributed by atoms with Crippen LogP contribution in [0, 0.1) is 36.7 Å². The molecule has 2 amide bonds. The van der Waals surface area contributed by atoms with Crippen molar-refractivity contribution in [1.29, 1.82) is 0 Å². The van der Waals surface area contributed by atoms with Crippen molar-refractivity contribution >= 4 is 17.5 Å². The van der Waals surface area contributed by atoms with E-state index in [1.54, 1.807) is 27.0 Å². The monoisotopic (exact) mass is 547 g/mol. The molecule has 1 aliphatic carbocycles. The summed E-state index contributed by atoms with van der Waals surface area (Å²) in [5.41, 5.74) is 1.91. The normalized spacial score (nSPS) is 18.4. The minimum absolute atomic E-state index is 0.0863. The molecule has 0 radical (unpaired) electrons. The average molecular weight is 548 g/mol. The standard InChI is InChI=1S/C27H29F4N5O3/c1-15-11-13-36(39)16(2)23(15)20-9-8-19(14-21(20)28)33-26(38)24(34-25(37)22-10-12-32-35(22)3)17-4-6-18(7-5-17)27(29,30)31/h8-14,17-18,24H,4-7H2,1-3H3,(H,33,38)(H,34,37)/t17?,18?,24-/m0/s1. The second-order valence-corrected chi connectivity index (χ2v) is 9.91. The van der Waals surface area contributed by atoms with Crippen molar-refractivity contribution in [3.63, 3.8) is 0 Å². The first-order valence-corrected chi connectivity index (χ1v) is 12.5. The van der Waals surface area contributed by atoms with E-state index in [4.69, 9.17) is 0 Å². The van der Waals surface area contributed by atoms with Gasteiger partial charge in [-0.05, 0) is 68.4 Å². The molecule has 2 aromatic heterocycles. The Kier molecular flexibility index (Phi) is 7.94. The highest BCUT2D eigenvalue weighted by Gasteiger charge is 2.44. The van der Waals surface area contributed by atoms with Crippen molar-refractivity contribution in [1.82, 2.24) is 15.1 Å². The molecule has 1 atom stereocenters. The highest BCUT2D eigenvalue weighted by Crippen LogP contribution is 2.40. The lowest BCUT2D eigenvalue weighted by molar-refractivity contribution is -0.611. The first-order chi connectivity index (χ1) is 18.4. The van der Waals surface area contributed by atoms with Crippen LogP contribution in [0.3, 0.4) is 0 Å². The Morgan fingerprint density at radius 1 is 1.13 bits per heavy atom. The van der Waals surface area contributed by atoms with Crippen molar-refractivity contribution in [2.45, 2.75) is 51.7 Å². The summed E-state index contributed by atoms with van der Waals surface area (Å²) < 4.78 is 56.8. The highest BCUT2D eigenvalue weighted by molar-refractivity contribution is 6.00. The molecule has 1 fully saturated rings. The number of hydrogen-bond donors (Lipinski definition) is 2. The number of benzene rings is 1. The molecule has 0 saturated heterocycles. The third kappa shape index (κ3) is 6.04. The third-order valence-electron chi connectivity index (χ3n) is 7.38. The molecule has 0 unspecified atom stereocenters. The number of hydrogen-bond acceptors (Lipinski definition) is 4. The summed E-state index contributed by atoms with van der Waals surface area (Å²) in [6.07, 6.45) is -1.71. The quantitative estimate of drug-likeness (QED) is 0.268. The van der Waals surface area contributed by atoms with Gasteiger partial charge in [0, 0.05) is 37.5 Å². The van der Waals surface area contributed by atoms with Gasteiger partial charge in [-0.15, -0.1) is 0 Å². The second kappa shape index (κ2) is 11.0. The second-order valence-electron chi connectivity index (χ2n) is 9.91. The number of halogens is 4. The molecule has 0 spiro atoms. The lowest BCUT2D eigenvalue weighted by atomic mass is 9.78. The van der Waals surface area contributed by atoms with E-state index in [0.717, 1.165) is 6.07 Å². The minimum Gasteiger partial charge on any atom is -0.618 e. The first-order valence-electron chi connectivity index (χ1n) is 12.5. The fourth-order valence-corrected chi connectivity index (χ4v) is 5.18. The summed E-state index contributed by atoms with van der Waals surface area (Å²) in [5.74, 6) is -3.95. The molecular weight excluding hydrogens is 518 g/mol. The van der Waals surface area contributed by atoms with Gasteiger partial charge in [0.2, 0.25) is 5.91 Å². The Morgan fingerprint density at radius 2 is 1.82 bits per heavy atom. The zero-order valence-corrected chi connectivity index (χ0v) is 21.7. The number of carbonyl (C=O) groups is 2. The number of alkyl halides is 3. The predicted molar refractivity (Wildman–Crippen MR) is 135 cm³/mol. The molecule has 2 N–H and O–H groups in total. The van der Waals surface area contributed by atoms with E-state index in [1.165, 1.54) is 35.3 Å². The lowest BCUT2D eigenvalue weighted by Crippen LogP contribution is -2.50. The summed E-state index contributed by atoms with van der Waals surface area (Å²) in [6, 6.07) is 5.90. The Labute approximate surface area is 222 Å². The van der Waals surface area contributed by atoms with Gasteiger partial charge in [-0.3, -0.25) is 14.3 Å². The zero-order chi connectivity index (χ0) is 28.5. The van der Waals surface area contributed by atoms with Gasteiger partial charge in [0.25, 0.3) is 5.91 Å². The molecule has 1 aliphatic rings. The fourth-order valence-electron chi connectivity index (χ4n) is 5.18. The summed E-state index contributed by atoms with van der Waals surface area (Å²) in [4.78, 5) is 26.2. The van der Waals surface area contributed by atoms with Gasteiger partial charge < -0.3 is 15.8 Å². The van der Waals surface area contributed by atoms with Crippen LogP contribution in [0.1, 0.15) is 47.4 Å². The average Bonchev–Trinajstić information content (AvgIpc) is 3.31. The number of pyridine rings is 1. The van der Waals surface area contributed by atoms with E-state index in [0.29, 0.717) is 21.6 Å². The van der Waals surface area contributed by atoms with Crippen LogP contribution in [0.15, 0.2) is 42.7 Å². The summed E-state index contributed by atoms with van der Waals surface area (Å²) >= 11 is 0. The van der Waals surface area contributed by atoms with Gasteiger partial charge in [0.15, 0.2) is 11.9 Å². The van der Waals surface area contributed by atoms with Gasteiger partial charge in [-0.1, -0.05) is 0 Å². The third-order valence-corrected chi connectivity index (χ3v) is 7.38. The lowest BCUT2D eigenvalue weighted by Gasteiger charge is -2.34. The maximum atomic E-state index is 15.2. The summed E-state index contributed by atoms with van der Waals surface area (Å²) in [7, 11) is 1.55. The maximum Gasteiger partial charge on any atom is 0.391 e. The Hall–Kier alpha value is -3.96. The molecule has 12 heteroatoms. The zero-order valence-electron chi connectivity index (χ0n) is 21.7. The Morgan fingerprint density at radius 3 is 2.41 bits per heavy atom. The van der Waals surface area contributed by atoms with Gasteiger partial charge in [0.1, 0.15) is 17.6 Å². The number of amides is 2. The van der Waals surface area contributed by atoms with Crippen LogP contribution in [0.4, 0.5) is 23.2 Å². The molecule has 2 heterocycles. The Bertz CT molecular complexity index is 1380. The van der Waals surface area contributed by atoms with Crippen molar-refractivity contribution in [3.8, 4) is 11.1 Å². The van der Waals surface area contributed by atoms with Gasteiger partial charge >= 0.3 is 6.18 Å². The smallest absolute Gasteiger partial charge is 0.391 e. The van der Waals surface area contributed by atoms with Gasteiger partial charge in [0.05, 0.1) is 11.5 Å². The van der Waals surface area contributed by atoms with Crippen LogP contribution in [-0.4, -0.2) is 33.8 Å². The first kappa shape index (κ1) is 28.1. The molecule has 1 saturated carbocycles. The van der Waals surface area contributed by atoms with E-state index in [2.05, 4.69) is 15.7 Å². The minimum atomic E-state index is -4.32. The number of nitrogens with one attached hydrogen (secondary N) is 2. The topological polar surface area (TPSA) is 103 Å². The summed E-state index contributed by atoms with van der Waals surface area (Å²) in [5, 5.41) is 21.2. The molecule has 1 aromatic carbocycles. The van der Waals surface area contributed by atoms with Crippen molar-refractivity contribution in [2.75, 3.05) is 5.32 Å². The molecule has 0 bridgehead atoms. The van der Waals surface area contributed by atoms with E-state index in [-0.39, 0.29) is 42.6 Å². The van der Waals surface area contributed by atoms with Crippen LogP contribution >= 0.6 is 0 Å². The van der Waals surface area contributed by atoms with Gasteiger partial charge in [-0.2, -0.15) is 23.0 Å². The van der Waals surface area contributed by atoms with Crippen molar-refractivity contribution in [2.24, 2.45) is 18.9 Å². The molecule has 4 rings (SSSR count). The van der Waals surface area contributed by atoms with Crippen LogP contribution in [-0.2, 0) is 11.8 Å². The maximum absolute atomic E-state index is 15.2. The molecule has 0 aliphatic heterocycles. The Balaban J connectivity index is 1.57. The van der Waals surface area contributed by atoms with E-state index in [1.807, 2.05) is 0 Å². The number of carbonyl (C=O) groups excluding carboxylic acids is 2. The van der Waals surface area contributed by atoms with Crippen molar-refractivity contribution < 1.29 is 31.9 Å². The van der Waals surface area contributed by atoms with E-state index < -0.39 is 41.7 Å². The largest absolute Gasteiger partial charge is 0.618 e. The summed E-state index contributed by atoms with van der Waals surface area (Å²) in [6.45, 7) is 3.33. The molecule has 208 valence electrons. The molecule has 8 nitrogen and oxygen atoms in total. The number of rotatable bonds is 6. The van der Waals surface area contributed by atoms with E-state index >= 15 is 4.39 Å². The number of aromatic nitrogens is 3. The number of nitrogens with zero attached hydrogens (tertiary/aromatic N) is 3. The van der Waals surface area contributed by atoms with Crippen molar-refractivity contribution in [3.05, 3.63) is 70.7 Å².